The molecule has 0 bridgehead atoms. The topological polar surface area (TPSA) is 48.4 Å². The van der Waals surface area contributed by atoms with Crippen molar-refractivity contribution in [2.45, 2.75) is 0 Å². The van der Waals surface area contributed by atoms with E-state index in [1.54, 1.807) is 0 Å². The SMILES string of the molecule is COC(=O)Oc1c(I)cnc(Cl)c1I. The minimum absolute atomic E-state index is 0.296. The summed E-state index contributed by atoms with van der Waals surface area (Å²) in [5.74, 6) is 0.373. The van der Waals surface area contributed by atoms with E-state index >= 15 is 0 Å². The summed E-state index contributed by atoms with van der Waals surface area (Å²) >= 11 is 9.70. The Morgan fingerprint density at radius 2 is 2.21 bits per heavy atom. The number of halogens is 3. The van der Waals surface area contributed by atoms with E-state index in [1.807, 2.05) is 45.2 Å². The van der Waals surface area contributed by atoms with Gasteiger partial charge in [-0.3, -0.25) is 0 Å². The molecule has 0 atom stereocenters. The molecule has 0 aromatic carbocycles. The average molecular weight is 439 g/mol. The minimum atomic E-state index is -0.775. The zero-order valence-corrected chi connectivity index (χ0v) is 12.0. The molecule has 1 rings (SSSR count). The first-order chi connectivity index (χ1) is 6.56. The van der Waals surface area contributed by atoms with Crippen molar-refractivity contribution < 1.29 is 14.3 Å². The standard InChI is InChI=1S/C7H4ClI2NO3/c1-13-7(12)14-5-3(9)2-11-6(8)4(5)10/h2H,1H3. The maximum absolute atomic E-state index is 10.9. The number of carbonyl (C=O) groups excluding carboxylic acids is 1. The van der Waals surface area contributed by atoms with Crippen molar-refractivity contribution in [3.8, 4) is 5.75 Å². The summed E-state index contributed by atoms with van der Waals surface area (Å²) in [7, 11) is 1.24. The largest absolute Gasteiger partial charge is 0.513 e. The highest BCUT2D eigenvalue weighted by Gasteiger charge is 2.15. The molecule has 0 aliphatic heterocycles. The molecule has 0 fully saturated rings. The Morgan fingerprint density at radius 3 is 2.79 bits per heavy atom. The molecule has 76 valence electrons. The highest BCUT2D eigenvalue weighted by atomic mass is 127. The summed E-state index contributed by atoms with van der Waals surface area (Å²) in [6, 6.07) is 0. The van der Waals surface area contributed by atoms with E-state index in [0.717, 1.165) is 0 Å². The lowest BCUT2D eigenvalue weighted by atomic mass is 10.4. The summed E-state index contributed by atoms with van der Waals surface area (Å²) in [5, 5.41) is 0.296. The van der Waals surface area contributed by atoms with Crippen LogP contribution in [0.25, 0.3) is 0 Å². The number of nitrogens with zero attached hydrogens (tertiary/aromatic N) is 1. The fourth-order valence-electron chi connectivity index (χ4n) is 0.646. The molecule has 0 spiro atoms. The van der Waals surface area contributed by atoms with Crippen LogP contribution in [0.2, 0.25) is 5.15 Å². The summed E-state index contributed by atoms with van der Waals surface area (Å²) < 4.78 is 10.6. The van der Waals surface area contributed by atoms with Crippen LogP contribution in [0, 0.1) is 7.14 Å². The third-order valence-corrected chi connectivity index (χ3v) is 3.62. The smallest absolute Gasteiger partial charge is 0.437 e. The Kier molecular flexibility index (Phi) is 4.64. The van der Waals surface area contributed by atoms with Gasteiger partial charge in [-0.15, -0.1) is 0 Å². The number of hydrogen-bond acceptors (Lipinski definition) is 4. The van der Waals surface area contributed by atoms with Crippen LogP contribution >= 0.6 is 56.8 Å². The zero-order chi connectivity index (χ0) is 10.7. The molecule has 0 amide bonds. The van der Waals surface area contributed by atoms with E-state index in [-0.39, 0.29) is 0 Å². The molecule has 0 saturated heterocycles. The quantitative estimate of drug-likeness (QED) is 0.384. The van der Waals surface area contributed by atoms with Gasteiger partial charge in [-0.05, 0) is 45.2 Å². The molecule has 1 aromatic heterocycles. The van der Waals surface area contributed by atoms with Crippen LogP contribution in [-0.2, 0) is 4.74 Å². The molecule has 0 aliphatic carbocycles. The van der Waals surface area contributed by atoms with Gasteiger partial charge in [-0.25, -0.2) is 9.78 Å². The summed E-state index contributed by atoms with van der Waals surface area (Å²) in [6.07, 6.45) is 0.742. The van der Waals surface area contributed by atoms with Gasteiger partial charge in [0, 0.05) is 6.20 Å². The monoisotopic (exact) mass is 439 g/mol. The van der Waals surface area contributed by atoms with Gasteiger partial charge in [0.15, 0.2) is 5.75 Å². The second kappa shape index (κ2) is 5.31. The number of rotatable bonds is 1. The zero-order valence-electron chi connectivity index (χ0n) is 6.88. The van der Waals surface area contributed by atoms with Crippen LogP contribution in [0.15, 0.2) is 6.20 Å². The Labute approximate surface area is 113 Å². The highest BCUT2D eigenvalue weighted by Crippen LogP contribution is 2.31. The van der Waals surface area contributed by atoms with Crippen molar-refractivity contribution in [1.29, 1.82) is 0 Å². The normalized spacial score (nSPS) is 9.71. The van der Waals surface area contributed by atoms with E-state index in [4.69, 9.17) is 16.3 Å². The predicted molar refractivity (Wildman–Crippen MR) is 67.7 cm³/mol. The lowest BCUT2D eigenvalue weighted by Gasteiger charge is -2.07. The highest BCUT2D eigenvalue weighted by molar-refractivity contribution is 14.1. The molecular formula is C7H4ClI2NO3. The molecule has 1 heterocycles. The lowest BCUT2D eigenvalue weighted by Crippen LogP contribution is -2.09. The molecule has 0 unspecified atom stereocenters. The molecule has 0 radical (unpaired) electrons. The van der Waals surface area contributed by atoms with Gasteiger partial charge in [0.1, 0.15) is 5.15 Å². The first-order valence-corrected chi connectivity index (χ1v) is 5.85. The average Bonchev–Trinajstić information content (AvgIpc) is 2.18. The van der Waals surface area contributed by atoms with Crippen molar-refractivity contribution >= 4 is 62.9 Å². The summed E-state index contributed by atoms with van der Waals surface area (Å²) in [6.45, 7) is 0. The maximum atomic E-state index is 10.9. The number of pyridine rings is 1. The van der Waals surface area contributed by atoms with Crippen molar-refractivity contribution in [3.63, 3.8) is 0 Å². The van der Waals surface area contributed by atoms with Crippen molar-refractivity contribution in [2.24, 2.45) is 0 Å². The fourth-order valence-corrected chi connectivity index (χ4v) is 2.36. The Bertz CT molecular complexity index is 372. The van der Waals surface area contributed by atoms with Gasteiger partial charge in [0.25, 0.3) is 0 Å². The van der Waals surface area contributed by atoms with Crippen LogP contribution in [0.5, 0.6) is 5.75 Å². The summed E-state index contributed by atoms with van der Waals surface area (Å²) in [5.41, 5.74) is 0. The number of ether oxygens (including phenoxy) is 2. The number of aromatic nitrogens is 1. The van der Waals surface area contributed by atoms with Gasteiger partial charge in [-0.1, -0.05) is 11.6 Å². The van der Waals surface area contributed by atoms with Crippen molar-refractivity contribution in [2.75, 3.05) is 7.11 Å². The molecule has 4 nitrogen and oxygen atoms in total. The van der Waals surface area contributed by atoms with Crippen LogP contribution in [-0.4, -0.2) is 18.2 Å². The van der Waals surface area contributed by atoms with Crippen LogP contribution in [0.3, 0.4) is 0 Å². The number of carbonyl (C=O) groups is 1. The van der Waals surface area contributed by atoms with E-state index in [0.29, 0.717) is 18.0 Å². The number of methoxy groups -OCH3 is 1. The van der Waals surface area contributed by atoms with Crippen molar-refractivity contribution in [3.05, 3.63) is 18.5 Å². The van der Waals surface area contributed by atoms with Gasteiger partial charge in [0.2, 0.25) is 0 Å². The predicted octanol–water partition coefficient (Wildman–Crippen LogP) is 3.09. The molecule has 0 saturated carbocycles. The number of hydrogen-bond donors (Lipinski definition) is 0. The first-order valence-electron chi connectivity index (χ1n) is 3.31. The second-order valence-corrected chi connectivity index (χ2v) is 4.70. The Morgan fingerprint density at radius 1 is 1.57 bits per heavy atom. The molecular weight excluding hydrogens is 435 g/mol. The first kappa shape index (κ1) is 12.2. The van der Waals surface area contributed by atoms with Crippen LogP contribution < -0.4 is 4.74 Å². The van der Waals surface area contributed by atoms with E-state index in [9.17, 15) is 4.79 Å². The third kappa shape index (κ3) is 2.83. The van der Waals surface area contributed by atoms with E-state index < -0.39 is 6.16 Å². The van der Waals surface area contributed by atoms with Gasteiger partial charge >= 0.3 is 6.16 Å². The van der Waals surface area contributed by atoms with Crippen molar-refractivity contribution in [1.82, 2.24) is 4.98 Å². The Hall–Kier alpha value is 0.170. The van der Waals surface area contributed by atoms with Gasteiger partial charge in [0.05, 0.1) is 14.3 Å². The Balaban J connectivity index is 3.06. The van der Waals surface area contributed by atoms with E-state index in [1.165, 1.54) is 13.3 Å². The third-order valence-electron chi connectivity index (χ3n) is 1.24. The fraction of sp³-hybridized carbons (Fsp3) is 0.143. The van der Waals surface area contributed by atoms with Gasteiger partial charge in [-0.2, -0.15) is 0 Å². The molecule has 0 aliphatic rings. The lowest BCUT2D eigenvalue weighted by molar-refractivity contribution is 0.121. The molecule has 14 heavy (non-hydrogen) atoms. The molecule has 1 aromatic rings. The minimum Gasteiger partial charge on any atom is -0.437 e. The molecule has 7 heteroatoms. The van der Waals surface area contributed by atoms with Crippen LogP contribution in [0.4, 0.5) is 4.79 Å². The second-order valence-electron chi connectivity index (χ2n) is 2.10. The molecule has 0 N–H and O–H groups in total. The van der Waals surface area contributed by atoms with Gasteiger partial charge < -0.3 is 9.47 Å². The van der Waals surface area contributed by atoms with E-state index in [2.05, 4.69) is 9.72 Å². The maximum Gasteiger partial charge on any atom is 0.513 e. The summed E-state index contributed by atoms with van der Waals surface area (Å²) in [4.78, 5) is 14.8. The van der Waals surface area contributed by atoms with Crippen LogP contribution in [0.1, 0.15) is 0 Å².